The average molecular weight is 469 g/mol. The van der Waals surface area contributed by atoms with Crippen LogP contribution in [0.4, 0.5) is 5.69 Å². The van der Waals surface area contributed by atoms with Crippen molar-refractivity contribution in [3.8, 4) is 0 Å². The van der Waals surface area contributed by atoms with E-state index in [0.717, 1.165) is 47.1 Å². The third-order valence-electron chi connectivity index (χ3n) is 5.69. The van der Waals surface area contributed by atoms with Crippen molar-refractivity contribution in [1.82, 2.24) is 24.4 Å². The highest BCUT2D eigenvalue weighted by Crippen LogP contribution is 2.28. The summed E-state index contributed by atoms with van der Waals surface area (Å²) in [5, 5.41) is 7.09. The van der Waals surface area contributed by atoms with Gasteiger partial charge in [0, 0.05) is 39.4 Å². The minimum Gasteiger partial charge on any atom is -0.371 e. The summed E-state index contributed by atoms with van der Waals surface area (Å²) in [5.74, 6) is -0.297. The Kier molecular flexibility index (Phi) is 6.75. The van der Waals surface area contributed by atoms with E-state index < -0.39 is 10.0 Å². The van der Waals surface area contributed by atoms with Crippen LogP contribution in [-0.2, 0) is 23.1 Å². The molecule has 174 valence electrons. The number of anilines is 1. The Morgan fingerprint density at radius 2 is 1.85 bits per heavy atom. The van der Waals surface area contributed by atoms with Crippen LogP contribution in [0.15, 0.2) is 60.0 Å². The van der Waals surface area contributed by atoms with Crippen molar-refractivity contribution in [2.75, 3.05) is 32.1 Å². The second kappa shape index (κ2) is 9.72. The molecule has 1 amide bonds. The van der Waals surface area contributed by atoms with E-state index in [2.05, 4.69) is 20.3 Å². The van der Waals surface area contributed by atoms with Crippen LogP contribution in [0.1, 0.15) is 34.3 Å². The van der Waals surface area contributed by atoms with Crippen LogP contribution in [0.5, 0.6) is 0 Å². The molecule has 1 saturated heterocycles. The Bertz CT molecular complexity index is 1220. The summed E-state index contributed by atoms with van der Waals surface area (Å²) in [5.41, 5.74) is 3.13. The number of aromatic nitrogens is 3. The predicted molar refractivity (Wildman–Crippen MR) is 125 cm³/mol. The van der Waals surface area contributed by atoms with E-state index in [9.17, 15) is 13.2 Å². The Morgan fingerprint density at radius 3 is 2.55 bits per heavy atom. The van der Waals surface area contributed by atoms with Gasteiger partial charge in [0.1, 0.15) is 12.7 Å². The molecule has 9 nitrogen and oxygen atoms in total. The van der Waals surface area contributed by atoms with Crippen molar-refractivity contribution in [2.45, 2.75) is 30.8 Å². The zero-order chi connectivity index (χ0) is 23.4. The molecule has 0 bridgehead atoms. The van der Waals surface area contributed by atoms with Crippen molar-refractivity contribution < 1.29 is 13.2 Å². The molecule has 4 rings (SSSR count). The van der Waals surface area contributed by atoms with Gasteiger partial charge >= 0.3 is 0 Å². The smallest absolute Gasteiger partial charge is 0.253 e. The molecule has 1 aromatic heterocycles. The van der Waals surface area contributed by atoms with Crippen molar-refractivity contribution >= 4 is 21.6 Å². The third-order valence-corrected chi connectivity index (χ3v) is 7.50. The predicted octanol–water partition coefficient (Wildman–Crippen LogP) is 2.11. The normalized spacial score (nSPS) is 14.1. The number of carbonyl (C=O) groups is 1. The fourth-order valence-electron chi connectivity index (χ4n) is 3.92. The standard InChI is InChI=1S/C23H28N6O3S/c1-27(2)33(31,32)20-8-9-22(28-10-3-4-11-28)21(13-20)23(30)25-14-18-6-5-7-19(12-18)15-29-17-24-16-26-29/h5-9,12-13,16-17H,3-4,10-11,14-15H2,1-2H3,(H,25,30). The number of nitrogens with zero attached hydrogens (tertiary/aromatic N) is 5. The highest BCUT2D eigenvalue weighted by molar-refractivity contribution is 7.89. The second-order valence-corrected chi connectivity index (χ2v) is 10.4. The number of rotatable bonds is 8. The van der Waals surface area contributed by atoms with Crippen molar-refractivity contribution in [3.63, 3.8) is 0 Å². The molecule has 1 aliphatic rings. The zero-order valence-corrected chi connectivity index (χ0v) is 19.6. The molecule has 2 aromatic carbocycles. The van der Waals surface area contributed by atoms with Crippen LogP contribution in [0.3, 0.4) is 0 Å². The molecular formula is C23H28N6O3S. The topological polar surface area (TPSA) is 100 Å². The lowest BCUT2D eigenvalue weighted by atomic mass is 10.1. The van der Waals surface area contributed by atoms with E-state index in [-0.39, 0.29) is 10.8 Å². The van der Waals surface area contributed by atoms with Crippen LogP contribution in [0.2, 0.25) is 0 Å². The van der Waals surface area contributed by atoms with E-state index in [1.54, 1.807) is 23.1 Å². The summed E-state index contributed by atoms with van der Waals surface area (Å²) in [6.45, 7) is 2.62. The number of amides is 1. The summed E-state index contributed by atoms with van der Waals surface area (Å²) < 4.78 is 28.2. The zero-order valence-electron chi connectivity index (χ0n) is 18.8. The molecule has 1 aliphatic heterocycles. The first-order chi connectivity index (χ1) is 15.8. The summed E-state index contributed by atoms with van der Waals surface area (Å²) >= 11 is 0. The molecule has 1 N–H and O–H groups in total. The number of hydrogen-bond acceptors (Lipinski definition) is 6. The molecule has 0 unspecified atom stereocenters. The van der Waals surface area contributed by atoms with Gasteiger partial charge in [-0.15, -0.1) is 0 Å². The van der Waals surface area contributed by atoms with Gasteiger partial charge in [0.15, 0.2) is 0 Å². The fraction of sp³-hybridized carbons (Fsp3) is 0.348. The van der Waals surface area contributed by atoms with Gasteiger partial charge in [-0.05, 0) is 42.2 Å². The first kappa shape index (κ1) is 22.9. The average Bonchev–Trinajstić information content (AvgIpc) is 3.52. The molecule has 2 heterocycles. The van der Waals surface area contributed by atoms with Gasteiger partial charge in [-0.3, -0.25) is 4.79 Å². The number of benzene rings is 2. The Hall–Kier alpha value is -3.24. The molecule has 0 aliphatic carbocycles. The van der Waals surface area contributed by atoms with E-state index in [4.69, 9.17) is 0 Å². The molecule has 0 saturated carbocycles. The van der Waals surface area contributed by atoms with Gasteiger partial charge < -0.3 is 10.2 Å². The van der Waals surface area contributed by atoms with Crippen LogP contribution in [-0.4, -0.2) is 60.6 Å². The van der Waals surface area contributed by atoms with Crippen molar-refractivity contribution in [1.29, 1.82) is 0 Å². The summed E-state index contributed by atoms with van der Waals surface area (Å²) in [4.78, 5) is 19.4. The van der Waals surface area contributed by atoms with Gasteiger partial charge in [-0.2, -0.15) is 5.10 Å². The van der Waals surface area contributed by atoms with Gasteiger partial charge in [0.25, 0.3) is 5.91 Å². The molecular weight excluding hydrogens is 440 g/mol. The van der Waals surface area contributed by atoms with Crippen LogP contribution in [0.25, 0.3) is 0 Å². The molecule has 10 heteroatoms. The minimum atomic E-state index is -3.65. The fourth-order valence-corrected chi connectivity index (χ4v) is 4.85. The largest absolute Gasteiger partial charge is 0.371 e. The minimum absolute atomic E-state index is 0.107. The lowest BCUT2D eigenvalue weighted by Gasteiger charge is -2.22. The van der Waals surface area contributed by atoms with Crippen molar-refractivity contribution in [3.05, 3.63) is 71.8 Å². The molecule has 33 heavy (non-hydrogen) atoms. The number of carbonyl (C=O) groups excluding carboxylic acids is 1. The molecule has 1 fully saturated rings. The number of nitrogens with one attached hydrogen (secondary N) is 1. The first-order valence-electron chi connectivity index (χ1n) is 10.8. The monoisotopic (exact) mass is 468 g/mol. The number of sulfonamides is 1. The van der Waals surface area contributed by atoms with E-state index in [1.807, 2.05) is 24.3 Å². The maximum atomic E-state index is 13.2. The van der Waals surface area contributed by atoms with E-state index in [0.29, 0.717) is 18.7 Å². The summed E-state index contributed by atoms with van der Waals surface area (Å²) in [6.07, 6.45) is 5.25. The summed E-state index contributed by atoms with van der Waals surface area (Å²) in [7, 11) is -0.686. The van der Waals surface area contributed by atoms with E-state index in [1.165, 1.54) is 26.5 Å². The quantitative estimate of drug-likeness (QED) is 0.544. The third kappa shape index (κ3) is 5.23. The van der Waals surface area contributed by atoms with Gasteiger partial charge in [0.2, 0.25) is 10.0 Å². The highest BCUT2D eigenvalue weighted by Gasteiger charge is 2.24. The molecule has 0 spiro atoms. The maximum absolute atomic E-state index is 13.2. The first-order valence-corrected chi connectivity index (χ1v) is 12.3. The van der Waals surface area contributed by atoms with Crippen LogP contribution in [0, 0.1) is 0 Å². The Balaban J connectivity index is 1.55. The molecule has 0 radical (unpaired) electrons. The lowest BCUT2D eigenvalue weighted by molar-refractivity contribution is 0.0951. The Morgan fingerprint density at radius 1 is 1.09 bits per heavy atom. The number of hydrogen-bond donors (Lipinski definition) is 1. The van der Waals surface area contributed by atoms with E-state index >= 15 is 0 Å². The second-order valence-electron chi connectivity index (χ2n) is 8.26. The molecule has 3 aromatic rings. The lowest BCUT2D eigenvalue weighted by Crippen LogP contribution is -2.28. The highest BCUT2D eigenvalue weighted by atomic mass is 32.2. The van der Waals surface area contributed by atoms with Gasteiger partial charge in [0.05, 0.1) is 17.0 Å². The maximum Gasteiger partial charge on any atom is 0.253 e. The van der Waals surface area contributed by atoms with Crippen LogP contribution < -0.4 is 10.2 Å². The van der Waals surface area contributed by atoms with Crippen molar-refractivity contribution in [2.24, 2.45) is 0 Å². The molecule has 0 atom stereocenters. The Labute approximate surface area is 194 Å². The van der Waals surface area contributed by atoms with Gasteiger partial charge in [-0.1, -0.05) is 24.3 Å². The summed E-state index contributed by atoms with van der Waals surface area (Å²) in [6, 6.07) is 12.7. The SMILES string of the molecule is CN(C)S(=O)(=O)c1ccc(N2CCCC2)c(C(=O)NCc2cccc(Cn3cncn3)c2)c1. The van der Waals surface area contributed by atoms with Gasteiger partial charge in [-0.25, -0.2) is 22.4 Å². The van der Waals surface area contributed by atoms with Crippen LogP contribution >= 0.6 is 0 Å².